The zero-order chi connectivity index (χ0) is 14.9. The van der Waals surface area contributed by atoms with E-state index in [9.17, 15) is 18.0 Å². The molecule has 1 N–H and O–H groups in total. The average molecular weight is 304 g/mol. The summed E-state index contributed by atoms with van der Waals surface area (Å²) in [7, 11) is 1.42. The topological polar surface area (TPSA) is 46.9 Å². The number of amides is 1. The normalized spacial score (nSPS) is 11.4. The largest absolute Gasteiger partial charge is 0.416 e. The number of halogens is 4. The molecule has 2 rings (SSSR count). The number of hydrogen-bond donors (Lipinski definition) is 1. The van der Waals surface area contributed by atoms with Crippen LogP contribution in [0.5, 0.6) is 0 Å². The van der Waals surface area contributed by atoms with E-state index in [4.69, 9.17) is 11.6 Å². The zero-order valence-corrected chi connectivity index (χ0v) is 11.0. The molecule has 0 aliphatic heterocycles. The molecule has 0 atom stereocenters. The van der Waals surface area contributed by atoms with Crippen LogP contribution in [0.4, 0.5) is 13.2 Å². The van der Waals surface area contributed by atoms with Gasteiger partial charge in [0.1, 0.15) is 5.15 Å². The van der Waals surface area contributed by atoms with Crippen LogP contribution >= 0.6 is 11.6 Å². The molecule has 0 radical (unpaired) electrons. The van der Waals surface area contributed by atoms with Crippen LogP contribution in [0.25, 0.3) is 5.69 Å². The smallest absolute Gasteiger partial charge is 0.355 e. The van der Waals surface area contributed by atoms with Gasteiger partial charge in [-0.25, -0.2) is 4.68 Å². The summed E-state index contributed by atoms with van der Waals surface area (Å²) in [4.78, 5) is 11.5. The first-order valence-electron chi connectivity index (χ1n) is 5.48. The summed E-state index contributed by atoms with van der Waals surface area (Å²) in [5.41, 5.74) is -0.602. The van der Waals surface area contributed by atoms with Gasteiger partial charge in [0.2, 0.25) is 0 Å². The molecule has 2 aromatic rings. The fourth-order valence-electron chi connectivity index (χ4n) is 1.61. The van der Waals surface area contributed by atoms with Crippen LogP contribution in [-0.4, -0.2) is 22.7 Å². The van der Waals surface area contributed by atoms with Crippen molar-refractivity contribution in [2.24, 2.45) is 0 Å². The average Bonchev–Trinajstić information content (AvgIpc) is 2.79. The summed E-state index contributed by atoms with van der Waals surface area (Å²) >= 11 is 5.96. The molecule has 0 aliphatic carbocycles. The van der Waals surface area contributed by atoms with E-state index in [2.05, 4.69) is 10.4 Å². The highest BCUT2D eigenvalue weighted by atomic mass is 35.5. The van der Waals surface area contributed by atoms with E-state index < -0.39 is 17.6 Å². The second-order valence-electron chi connectivity index (χ2n) is 3.89. The highest BCUT2D eigenvalue weighted by Crippen LogP contribution is 2.31. The second-order valence-corrected chi connectivity index (χ2v) is 4.25. The Balaban J connectivity index is 2.48. The Kier molecular flexibility index (Phi) is 3.71. The van der Waals surface area contributed by atoms with Crippen molar-refractivity contribution in [1.29, 1.82) is 0 Å². The third-order valence-electron chi connectivity index (χ3n) is 2.60. The van der Waals surface area contributed by atoms with Crippen LogP contribution in [0.15, 0.2) is 30.5 Å². The van der Waals surface area contributed by atoms with Gasteiger partial charge in [0.15, 0.2) is 0 Å². The lowest BCUT2D eigenvalue weighted by Crippen LogP contribution is -2.17. The van der Waals surface area contributed by atoms with Crippen molar-refractivity contribution in [3.8, 4) is 5.69 Å². The molecule has 0 fully saturated rings. The van der Waals surface area contributed by atoms with Gasteiger partial charge in [-0.2, -0.15) is 18.3 Å². The molecule has 106 valence electrons. The lowest BCUT2D eigenvalue weighted by molar-refractivity contribution is -0.137. The van der Waals surface area contributed by atoms with Gasteiger partial charge in [-0.15, -0.1) is 0 Å². The maximum absolute atomic E-state index is 12.6. The molecule has 1 aromatic heterocycles. The number of nitrogens with zero attached hydrogens (tertiary/aromatic N) is 2. The first-order valence-corrected chi connectivity index (χ1v) is 5.85. The summed E-state index contributed by atoms with van der Waals surface area (Å²) in [5.74, 6) is -0.465. The van der Waals surface area contributed by atoms with Crippen LogP contribution in [0.1, 0.15) is 15.9 Å². The summed E-state index contributed by atoms with van der Waals surface area (Å²) in [5, 5.41) is 6.15. The minimum Gasteiger partial charge on any atom is -0.355 e. The van der Waals surface area contributed by atoms with Gasteiger partial charge in [0, 0.05) is 7.05 Å². The van der Waals surface area contributed by atoms with Crippen molar-refractivity contribution in [3.63, 3.8) is 0 Å². The number of hydrogen-bond acceptors (Lipinski definition) is 2. The molecule has 0 saturated heterocycles. The molecule has 0 spiro atoms. The Morgan fingerprint density at radius 2 is 2.10 bits per heavy atom. The quantitative estimate of drug-likeness (QED) is 0.927. The molecule has 1 heterocycles. The summed E-state index contributed by atoms with van der Waals surface area (Å²) in [6, 6.07) is 4.52. The van der Waals surface area contributed by atoms with E-state index >= 15 is 0 Å². The van der Waals surface area contributed by atoms with Crippen molar-refractivity contribution in [2.45, 2.75) is 6.18 Å². The summed E-state index contributed by atoms with van der Waals surface area (Å²) < 4.78 is 39.0. The molecular formula is C12H9ClF3N3O. The third-order valence-corrected chi connectivity index (χ3v) is 2.96. The van der Waals surface area contributed by atoms with Crippen LogP contribution in [-0.2, 0) is 6.18 Å². The highest BCUT2D eigenvalue weighted by molar-refractivity contribution is 6.33. The Labute approximate surface area is 117 Å². The van der Waals surface area contributed by atoms with Gasteiger partial charge < -0.3 is 5.32 Å². The lowest BCUT2D eigenvalue weighted by atomic mass is 10.2. The minimum absolute atomic E-state index is 0.0522. The second kappa shape index (κ2) is 5.16. The van der Waals surface area contributed by atoms with Crippen molar-refractivity contribution in [2.75, 3.05) is 7.05 Å². The van der Waals surface area contributed by atoms with Gasteiger partial charge in [0.05, 0.1) is 23.0 Å². The van der Waals surface area contributed by atoms with Crippen molar-refractivity contribution in [3.05, 3.63) is 46.7 Å². The van der Waals surface area contributed by atoms with Crippen LogP contribution in [0.2, 0.25) is 5.15 Å². The lowest BCUT2D eigenvalue weighted by Gasteiger charge is -2.09. The molecule has 1 aromatic carbocycles. The van der Waals surface area contributed by atoms with Gasteiger partial charge in [-0.3, -0.25) is 4.79 Å². The van der Waals surface area contributed by atoms with E-state index in [0.717, 1.165) is 16.8 Å². The van der Waals surface area contributed by atoms with Gasteiger partial charge in [-0.1, -0.05) is 17.7 Å². The van der Waals surface area contributed by atoms with E-state index in [1.807, 2.05) is 0 Å². The molecule has 0 bridgehead atoms. The van der Waals surface area contributed by atoms with Crippen LogP contribution in [0, 0.1) is 0 Å². The number of aromatic nitrogens is 2. The highest BCUT2D eigenvalue weighted by Gasteiger charge is 2.30. The number of alkyl halides is 3. The SMILES string of the molecule is CNC(=O)c1cnn(-c2cccc(C(F)(F)F)c2)c1Cl. The molecule has 8 heteroatoms. The number of benzene rings is 1. The fraction of sp³-hybridized carbons (Fsp3) is 0.167. The molecule has 0 aliphatic rings. The van der Waals surface area contributed by atoms with E-state index in [-0.39, 0.29) is 16.4 Å². The molecule has 1 amide bonds. The fourth-order valence-corrected chi connectivity index (χ4v) is 1.89. The maximum atomic E-state index is 12.6. The van der Waals surface area contributed by atoms with Crippen molar-refractivity contribution in [1.82, 2.24) is 15.1 Å². The van der Waals surface area contributed by atoms with Crippen LogP contribution in [0.3, 0.4) is 0 Å². The molecule has 20 heavy (non-hydrogen) atoms. The van der Waals surface area contributed by atoms with Crippen molar-refractivity contribution < 1.29 is 18.0 Å². The van der Waals surface area contributed by atoms with Crippen molar-refractivity contribution >= 4 is 17.5 Å². The predicted octanol–water partition coefficient (Wildman–Crippen LogP) is 2.90. The van der Waals surface area contributed by atoms with Gasteiger partial charge in [0.25, 0.3) is 5.91 Å². The van der Waals surface area contributed by atoms with Gasteiger partial charge in [-0.05, 0) is 18.2 Å². The Bertz CT molecular complexity index is 652. The van der Waals surface area contributed by atoms with E-state index in [1.54, 1.807) is 0 Å². The molecular weight excluding hydrogens is 295 g/mol. The standard InChI is InChI=1S/C12H9ClF3N3O/c1-17-11(20)9-6-18-19(10(9)13)8-4-2-3-7(5-8)12(14,15)16/h2-6H,1H3,(H,17,20). The van der Waals surface area contributed by atoms with E-state index in [1.165, 1.54) is 25.4 Å². The number of rotatable bonds is 2. The maximum Gasteiger partial charge on any atom is 0.416 e. The number of carbonyl (C=O) groups excluding carboxylic acids is 1. The monoisotopic (exact) mass is 303 g/mol. The first-order chi connectivity index (χ1) is 9.34. The Hall–Kier alpha value is -2.02. The number of nitrogens with one attached hydrogen (secondary N) is 1. The Morgan fingerprint density at radius 3 is 2.70 bits per heavy atom. The Morgan fingerprint density at radius 1 is 1.40 bits per heavy atom. The van der Waals surface area contributed by atoms with E-state index in [0.29, 0.717) is 0 Å². The molecule has 0 saturated carbocycles. The van der Waals surface area contributed by atoms with Gasteiger partial charge >= 0.3 is 6.18 Å². The third kappa shape index (κ3) is 2.62. The summed E-state index contributed by atoms with van der Waals surface area (Å²) in [6.07, 6.45) is -3.26. The van der Waals surface area contributed by atoms with Crippen LogP contribution < -0.4 is 5.32 Å². The zero-order valence-electron chi connectivity index (χ0n) is 10.2. The molecule has 4 nitrogen and oxygen atoms in total. The first kappa shape index (κ1) is 14.4. The summed E-state index contributed by atoms with van der Waals surface area (Å²) in [6.45, 7) is 0. The number of carbonyl (C=O) groups is 1. The minimum atomic E-state index is -4.46. The molecule has 0 unspecified atom stereocenters. The predicted molar refractivity (Wildman–Crippen MR) is 67.0 cm³/mol.